The number of rotatable bonds is 6. The molecule has 0 aliphatic rings. The largest absolute Gasteiger partial charge is 0.409 e. The molecule has 0 saturated carbocycles. The Morgan fingerprint density at radius 1 is 1.61 bits per heavy atom. The van der Waals surface area contributed by atoms with Gasteiger partial charge >= 0.3 is 0 Å². The third-order valence-corrected chi connectivity index (χ3v) is 2.60. The van der Waals surface area contributed by atoms with Crippen LogP contribution in [0, 0.1) is 5.92 Å². The van der Waals surface area contributed by atoms with Crippen LogP contribution in [0.25, 0.3) is 0 Å². The van der Waals surface area contributed by atoms with Gasteiger partial charge in [-0.1, -0.05) is 18.1 Å². The Balaban J connectivity index is 2.41. The average Bonchev–Trinajstić information content (AvgIpc) is 2.40. The summed E-state index contributed by atoms with van der Waals surface area (Å²) in [5.74, 6) is -0.879. The van der Waals surface area contributed by atoms with Crippen molar-refractivity contribution < 1.29 is 10.0 Å². The molecule has 98 valence electrons. The van der Waals surface area contributed by atoms with Crippen molar-refractivity contribution in [2.45, 2.75) is 19.8 Å². The van der Waals surface area contributed by atoms with Crippen molar-refractivity contribution in [3.05, 3.63) is 30.1 Å². The van der Waals surface area contributed by atoms with E-state index in [1.165, 1.54) is 0 Å². The average molecular weight is 250 g/mol. The second-order valence-electron chi connectivity index (χ2n) is 3.85. The Hall–Kier alpha value is -2.11. The van der Waals surface area contributed by atoms with Gasteiger partial charge in [0.05, 0.1) is 5.92 Å². The van der Waals surface area contributed by atoms with Gasteiger partial charge in [-0.3, -0.25) is 9.78 Å². The van der Waals surface area contributed by atoms with Crippen LogP contribution < -0.4 is 11.1 Å². The molecule has 18 heavy (non-hydrogen) atoms. The van der Waals surface area contributed by atoms with E-state index in [9.17, 15) is 4.79 Å². The van der Waals surface area contributed by atoms with Gasteiger partial charge in [0.2, 0.25) is 5.91 Å². The normalized spacial score (nSPS) is 13.1. The van der Waals surface area contributed by atoms with Crippen molar-refractivity contribution in [2.24, 2.45) is 16.8 Å². The van der Waals surface area contributed by atoms with E-state index in [1.54, 1.807) is 13.1 Å². The molecule has 1 aromatic rings. The van der Waals surface area contributed by atoms with Gasteiger partial charge in [0.1, 0.15) is 0 Å². The fraction of sp³-hybridized carbons (Fsp3) is 0.417. The van der Waals surface area contributed by atoms with Gasteiger partial charge < -0.3 is 16.3 Å². The first-order valence-electron chi connectivity index (χ1n) is 5.84. The zero-order valence-electron chi connectivity index (χ0n) is 10.3. The van der Waals surface area contributed by atoms with E-state index < -0.39 is 5.92 Å². The van der Waals surface area contributed by atoms with Crippen LogP contribution in [-0.2, 0) is 11.2 Å². The van der Waals surface area contributed by atoms with Gasteiger partial charge in [-0.25, -0.2) is 0 Å². The Bertz CT molecular complexity index is 406. The number of nitrogens with one attached hydrogen (secondary N) is 1. The lowest BCUT2D eigenvalue weighted by atomic mass is 10.0. The molecule has 1 aromatic heterocycles. The Morgan fingerprint density at radius 2 is 2.39 bits per heavy atom. The van der Waals surface area contributed by atoms with Crippen LogP contribution in [0.4, 0.5) is 0 Å². The molecule has 1 rings (SSSR count). The summed E-state index contributed by atoms with van der Waals surface area (Å²) in [6.07, 6.45) is 2.85. The van der Waals surface area contributed by atoms with Gasteiger partial charge in [-0.05, 0) is 18.6 Å². The Morgan fingerprint density at radius 3 is 2.94 bits per heavy atom. The highest BCUT2D eigenvalue weighted by Gasteiger charge is 2.20. The van der Waals surface area contributed by atoms with E-state index in [4.69, 9.17) is 10.9 Å². The maximum atomic E-state index is 11.8. The summed E-state index contributed by atoms with van der Waals surface area (Å²) in [4.78, 5) is 15.9. The summed E-state index contributed by atoms with van der Waals surface area (Å²) >= 11 is 0. The molecule has 1 unspecified atom stereocenters. The second kappa shape index (κ2) is 7.26. The molecule has 0 aliphatic heterocycles. The van der Waals surface area contributed by atoms with Gasteiger partial charge in [0, 0.05) is 24.9 Å². The summed E-state index contributed by atoms with van der Waals surface area (Å²) in [6, 6.07) is 5.63. The van der Waals surface area contributed by atoms with E-state index in [-0.39, 0.29) is 11.7 Å². The number of hydrogen-bond acceptors (Lipinski definition) is 4. The SMILES string of the molecule is CCC(C(=O)NCCc1ccccn1)/C(N)=N/O. The number of amides is 1. The lowest BCUT2D eigenvalue weighted by Gasteiger charge is -2.13. The molecule has 0 fully saturated rings. The predicted molar refractivity (Wildman–Crippen MR) is 68.1 cm³/mol. The van der Waals surface area contributed by atoms with Crippen molar-refractivity contribution >= 4 is 11.7 Å². The van der Waals surface area contributed by atoms with Crippen molar-refractivity contribution in [1.82, 2.24) is 10.3 Å². The number of carbonyl (C=O) groups is 1. The highest BCUT2D eigenvalue weighted by molar-refractivity contribution is 6.01. The molecule has 4 N–H and O–H groups in total. The van der Waals surface area contributed by atoms with Gasteiger partial charge in [0.15, 0.2) is 5.84 Å². The number of aromatic nitrogens is 1. The molecular weight excluding hydrogens is 232 g/mol. The number of nitrogens with two attached hydrogens (primary N) is 1. The first kappa shape index (κ1) is 14.0. The molecule has 6 heteroatoms. The molecule has 0 bridgehead atoms. The smallest absolute Gasteiger partial charge is 0.230 e. The zero-order chi connectivity index (χ0) is 13.4. The number of pyridine rings is 1. The molecule has 1 atom stereocenters. The van der Waals surface area contributed by atoms with Gasteiger partial charge in [-0.2, -0.15) is 0 Å². The molecular formula is C12H18N4O2. The van der Waals surface area contributed by atoms with Crippen LogP contribution in [0.2, 0.25) is 0 Å². The first-order valence-corrected chi connectivity index (χ1v) is 5.84. The van der Waals surface area contributed by atoms with Gasteiger partial charge in [-0.15, -0.1) is 0 Å². The minimum absolute atomic E-state index is 0.0622. The summed E-state index contributed by atoms with van der Waals surface area (Å²) in [6.45, 7) is 2.28. The summed E-state index contributed by atoms with van der Waals surface area (Å²) in [5, 5.41) is 14.2. The third-order valence-electron chi connectivity index (χ3n) is 2.60. The standard InChI is InChI=1S/C12H18N4O2/c1-2-10(11(13)16-18)12(17)15-8-6-9-5-3-4-7-14-9/h3-5,7,10,18H,2,6,8H2,1H3,(H2,13,16)(H,15,17). The topological polar surface area (TPSA) is 101 Å². The molecule has 0 spiro atoms. The molecule has 0 radical (unpaired) electrons. The van der Waals surface area contributed by atoms with E-state index >= 15 is 0 Å². The van der Waals surface area contributed by atoms with Crippen molar-refractivity contribution in [3.63, 3.8) is 0 Å². The zero-order valence-corrected chi connectivity index (χ0v) is 10.3. The summed E-state index contributed by atoms with van der Waals surface area (Å²) < 4.78 is 0. The molecule has 0 aromatic carbocycles. The lowest BCUT2D eigenvalue weighted by molar-refractivity contribution is -0.123. The number of carbonyl (C=O) groups excluding carboxylic acids is 1. The second-order valence-corrected chi connectivity index (χ2v) is 3.85. The highest BCUT2D eigenvalue weighted by atomic mass is 16.4. The maximum absolute atomic E-state index is 11.8. The monoisotopic (exact) mass is 250 g/mol. The quantitative estimate of drug-likeness (QED) is 0.296. The Kier molecular flexibility index (Phi) is 5.63. The minimum atomic E-state index is -0.585. The molecule has 0 aliphatic carbocycles. The number of hydrogen-bond donors (Lipinski definition) is 3. The van der Waals surface area contributed by atoms with Crippen LogP contribution in [0.15, 0.2) is 29.6 Å². The lowest BCUT2D eigenvalue weighted by Crippen LogP contribution is -2.39. The van der Waals surface area contributed by atoms with Crippen LogP contribution in [0.1, 0.15) is 19.0 Å². The third kappa shape index (κ3) is 4.04. The van der Waals surface area contributed by atoms with Crippen LogP contribution in [0.5, 0.6) is 0 Å². The van der Waals surface area contributed by atoms with Gasteiger partial charge in [0.25, 0.3) is 0 Å². The maximum Gasteiger partial charge on any atom is 0.230 e. The molecule has 1 amide bonds. The molecule has 6 nitrogen and oxygen atoms in total. The van der Waals surface area contributed by atoms with Crippen LogP contribution in [-0.4, -0.2) is 28.5 Å². The molecule has 1 heterocycles. The number of amidine groups is 1. The fourth-order valence-electron chi connectivity index (χ4n) is 1.58. The van der Waals surface area contributed by atoms with E-state index in [1.807, 2.05) is 18.2 Å². The highest BCUT2D eigenvalue weighted by Crippen LogP contribution is 2.02. The van der Waals surface area contributed by atoms with E-state index in [2.05, 4.69) is 15.5 Å². The number of nitrogens with zero attached hydrogens (tertiary/aromatic N) is 2. The van der Waals surface area contributed by atoms with Crippen molar-refractivity contribution in [2.75, 3.05) is 6.54 Å². The van der Waals surface area contributed by atoms with Crippen molar-refractivity contribution in [3.8, 4) is 0 Å². The number of oxime groups is 1. The first-order chi connectivity index (χ1) is 8.69. The fourth-order valence-corrected chi connectivity index (χ4v) is 1.58. The minimum Gasteiger partial charge on any atom is -0.409 e. The van der Waals surface area contributed by atoms with E-state index in [0.717, 1.165) is 5.69 Å². The van der Waals surface area contributed by atoms with Crippen molar-refractivity contribution in [1.29, 1.82) is 0 Å². The van der Waals surface area contributed by atoms with Crippen LogP contribution in [0.3, 0.4) is 0 Å². The molecule has 0 saturated heterocycles. The Labute approximate surface area is 106 Å². The summed E-state index contributed by atoms with van der Waals surface area (Å²) in [7, 11) is 0. The van der Waals surface area contributed by atoms with E-state index in [0.29, 0.717) is 19.4 Å². The predicted octanol–water partition coefficient (Wildman–Crippen LogP) is 0.513. The summed E-state index contributed by atoms with van der Waals surface area (Å²) in [5.41, 5.74) is 6.35. The van der Waals surface area contributed by atoms with Crippen LogP contribution >= 0.6 is 0 Å².